The van der Waals surface area contributed by atoms with Crippen LogP contribution in [0.25, 0.3) is 0 Å². The number of alkyl halides is 1. The maximum absolute atomic E-state index is 13.1. The van der Waals surface area contributed by atoms with E-state index >= 15 is 0 Å². The fraction of sp³-hybridized carbons (Fsp3) is 0.615. The Hall–Kier alpha value is -1.64. The number of allylic oxidation sites excluding steroid dienone is 2. The molecule has 1 aliphatic rings. The molecule has 0 aromatic heterocycles. The van der Waals surface area contributed by atoms with Crippen LogP contribution in [0.15, 0.2) is 11.6 Å². The van der Waals surface area contributed by atoms with Gasteiger partial charge in [0, 0.05) is 22.0 Å². The largest absolute Gasteiger partial charge is 0.496 e. The Morgan fingerprint density at radius 3 is 2.41 bits per heavy atom. The molecular weight excluding hydrogens is 516 g/mol. The first-order valence-electron chi connectivity index (χ1n) is 11.6. The van der Waals surface area contributed by atoms with E-state index in [0.29, 0.717) is 24.8 Å². The predicted molar refractivity (Wildman–Crippen MR) is 139 cm³/mol. The zero-order chi connectivity index (χ0) is 25.8. The third-order valence-corrected chi connectivity index (χ3v) is 7.15. The fourth-order valence-electron chi connectivity index (χ4n) is 4.60. The van der Waals surface area contributed by atoms with Crippen LogP contribution >= 0.6 is 15.9 Å². The van der Waals surface area contributed by atoms with Crippen LogP contribution in [0.4, 0.5) is 0 Å². The third kappa shape index (κ3) is 6.32. The van der Waals surface area contributed by atoms with Gasteiger partial charge < -0.3 is 18.6 Å². The minimum Gasteiger partial charge on any atom is -0.496 e. The molecule has 1 aromatic carbocycles. The van der Waals surface area contributed by atoms with Crippen molar-refractivity contribution in [3.8, 4) is 5.75 Å². The Balaban J connectivity index is 2.60. The normalized spacial score (nSPS) is 17.0. The summed E-state index contributed by atoms with van der Waals surface area (Å²) in [5, 5.41) is 0.732. The summed E-state index contributed by atoms with van der Waals surface area (Å²) >= 11 is 3.43. The van der Waals surface area contributed by atoms with Crippen molar-refractivity contribution < 1.29 is 28.2 Å². The first-order chi connectivity index (χ1) is 15.9. The van der Waals surface area contributed by atoms with Crippen LogP contribution in [0.5, 0.6) is 5.75 Å². The standard InChI is InChI=1S/C26H38BrO6Si/c1-15(14-17(12-13-27)23(28)31-7)10-11-18-21(26(3,4)5)20-19(16(2)22(18)30-6)25(32-24(20)29)33-34(8)9/h10,17,25H,11-14H2,1-9H3. The van der Waals surface area contributed by atoms with E-state index in [4.69, 9.17) is 18.6 Å². The highest BCUT2D eigenvalue weighted by Crippen LogP contribution is 2.47. The van der Waals surface area contributed by atoms with E-state index < -0.39 is 15.3 Å². The number of esters is 2. The molecule has 1 aliphatic heterocycles. The maximum atomic E-state index is 13.1. The lowest BCUT2D eigenvalue weighted by atomic mass is 9.76. The third-order valence-electron chi connectivity index (χ3n) is 6.01. The molecule has 0 N–H and O–H groups in total. The summed E-state index contributed by atoms with van der Waals surface area (Å²) in [6, 6.07) is 0. The van der Waals surface area contributed by atoms with Crippen molar-refractivity contribution in [2.75, 3.05) is 19.5 Å². The molecule has 2 atom stereocenters. The van der Waals surface area contributed by atoms with Gasteiger partial charge in [0.15, 0.2) is 0 Å². The minimum absolute atomic E-state index is 0.196. The number of carbonyl (C=O) groups excluding carboxylic acids is 2. The number of hydrogen-bond acceptors (Lipinski definition) is 6. The number of ether oxygens (including phenoxy) is 3. The molecule has 0 spiro atoms. The van der Waals surface area contributed by atoms with Gasteiger partial charge in [-0.3, -0.25) is 4.79 Å². The van der Waals surface area contributed by atoms with Crippen molar-refractivity contribution >= 4 is 36.9 Å². The molecule has 1 radical (unpaired) electrons. The second kappa shape index (κ2) is 11.9. The second-order valence-electron chi connectivity index (χ2n) is 9.97. The first kappa shape index (κ1) is 28.6. The fourth-order valence-corrected chi connectivity index (χ4v) is 5.75. The summed E-state index contributed by atoms with van der Waals surface area (Å²) in [4.78, 5) is 25.3. The van der Waals surface area contributed by atoms with Gasteiger partial charge in [-0.05, 0) is 57.2 Å². The van der Waals surface area contributed by atoms with Crippen molar-refractivity contribution in [2.24, 2.45) is 5.92 Å². The van der Waals surface area contributed by atoms with E-state index in [1.807, 2.05) is 26.9 Å². The maximum Gasteiger partial charge on any atom is 0.341 e. The average Bonchev–Trinajstić information content (AvgIpc) is 3.05. The van der Waals surface area contributed by atoms with Crippen LogP contribution in [0.1, 0.15) is 79.4 Å². The Morgan fingerprint density at radius 1 is 1.26 bits per heavy atom. The topological polar surface area (TPSA) is 71.1 Å². The number of rotatable bonds is 10. The zero-order valence-corrected chi connectivity index (χ0v) is 24.5. The summed E-state index contributed by atoms with van der Waals surface area (Å²) in [6.07, 6.45) is 3.32. The summed E-state index contributed by atoms with van der Waals surface area (Å²) < 4.78 is 22.6. The van der Waals surface area contributed by atoms with E-state index in [1.54, 1.807) is 7.11 Å². The van der Waals surface area contributed by atoms with Crippen molar-refractivity contribution in [3.63, 3.8) is 0 Å². The number of methoxy groups -OCH3 is 2. The van der Waals surface area contributed by atoms with Crippen LogP contribution in [0, 0.1) is 12.8 Å². The molecule has 189 valence electrons. The van der Waals surface area contributed by atoms with Crippen molar-refractivity contribution in [3.05, 3.63) is 39.5 Å². The van der Waals surface area contributed by atoms with E-state index in [0.717, 1.165) is 38.9 Å². The van der Waals surface area contributed by atoms with Crippen molar-refractivity contribution in [1.29, 1.82) is 0 Å². The van der Waals surface area contributed by atoms with Gasteiger partial charge in [0.1, 0.15) is 5.75 Å². The van der Waals surface area contributed by atoms with E-state index in [1.165, 1.54) is 7.11 Å². The molecule has 2 unspecified atom stereocenters. The zero-order valence-electron chi connectivity index (χ0n) is 21.9. The lowest BCUT2D eigenvalue weighted by molar-refractivity contribution is -0.145. The molecule has 6 nitrogen and oxygen atoms in total. The predicted octanol–water partition coefficient (Wildman–Crippen LogP) is 6.19. The highest BCUT2D eigenvalue weighted by Gasteiger charge is 2.42. The Bertz CT molecular complexity index is 948. The molecule has 2 rings (SSSR count). The van der Waals surface area contributed by atoms with Gasteiger partial charge in [0.05, 0.1) is 25.7 Å². The first-order valence-corrected chi connectivity index (χ1v) is 15.1. The van der Waals surface area contributed by atoms with E-state index in [9.17, 15) is 9.59 Å². The molecule has 1 heterocycles. The molecule has 8 heteroatoms. The van der Waals surface area contributed by atoms with Crippen LogP contribution in [0.3, 0.4) is 0 Å². The van der Waals surface area contributed by atoms with Gasteiger partial charge in [-0.2, -0.15) is 0 Å². The van der Waals surface area contributed by atoms with E-state index in [-0.39, 0.29) is 23.3 Å². The van der Waals surface area contributed by atoms with Crippen molar-refractivity contribution in [2.45, 2.75) is 78.7 Å². The summed E-state index contributed by atoms with van der Waals surface area (Å²) in [6.45, 7) is 14.3. The van der Waals surface area contributed by atoms with Gasteiger partial charge in [-0.25, -0.2) is 4.79 Å². The van der Waals surface area contributed by atoms with Crippen molar-refractivity contribution in [1.82, 2.24) is 0 Å². The summed E-state index contributed by atoms with van der Waals surface area (Å²) in [7, 11) is 1.99. The average molecular weight is 555 g/mol. The minimum atomic E-state index is -1.09. The van der Waals surface area contributed by atoms with E-state index in [2.05, 4.69) is 42.8 Å². The number of benzene rings is 1. The van der Waals surface area contributed by atoms with Crippen LogP contribution in [-0.2, 0) is 30.5 Å². The monoisotopic (exact) mass is 553 g/mol. The van der Waals surface area contributed by atoms with Crippen LogP contribution in [0.2, 0.25) is 13.1 Å². The molecule has 0 bridgehead atoms. The summed E-state index contributed by atoms with van der Waals surface area (Å²) in [5.74, 6) is 0.0166. The number of halogens is 1. The molecule has 0 fully saturated rings. The SMILES string of the molecule is COC(=O)C(CCBr)CC(C)=CCc1c(OC)c(C)c2c(c1C(C)(C)C)C(=O)OC2O[Si](C)C. The van der Waals surface area contributed by atoms with Crippen LogP contribution in [-0.4, -0.2) is 40.5 Å². The molecule has 34 heavy (non-hydrogen) atoms. The number of cyclic esters (lactones) is 1. The quantitative estimate of drug-likeness (QED) is 0.149. The molecule has 1 aromatic rings. The highest BCUT2D eigenvalue weighted by atomic mass is 79.9. The van der Waals surface area contributed by atoms with Crippen LogP contribution < -0.4 is 4.74 Å². The lowest BCUT2D eigenvalue weighted by Crippen LogP contribution is -2.21. The van der Waals surface area contributed by atoms with Gasteiger partial charge in [-0.1, -0.05) is 48.4 Å². The molecular formula is C26H38BrO6Si. The molecule has 0 saturated heterocycles. The lowest BCUT2D eigenvalue weighted by Gasteiger charge is -2.28. The van der Waals surface area contributed by atoms with Gasteiger partial charge in [0.25, 0.3) is 0 Å². The summed E-state index contributed by atoms with van der Waals surface area (Å²) in [5.41, 5.74) is 4.92. The molecule has 0 aliphatic carbocycles. The number of carbonyl (C=O) groups is 2. The molecule has 0 amide bonds. The number of hydrogen-bond donors (Lipinski definition) is 0. The number of fused-ring (bicyclic) bond motifs is 1. The Morgan fingerprint density at radius 2 is 1.91 bits per heavy atom. The van der Waals surface area contributed by atoms with Gasteiger partial charge in [-0.15, -0.1) is 0 Å². The smallest absolute Gasteiger partial charge is 0.341 e. The second-order valence-corrected chi connectivity index (χ2v) is 12.8. The Kier molecular flexibility index (Phi) is 9.98. The van der Waals surface area contributed by atoms with Gasteiger partial charge in [0.2, 0.25) is 15.3 Å². The molecule has 0 saturated carbocycles. The van der Waals surface area contributed by atoms with Gasteiger partial charge >= 0.3 is 11.9 Å². The highest BCUT2D eigenvalue weighted by molar-refractivity contribution is 9.09. The Labute approximate surface area is 214 Å².